The smallest absolute Gasteiger partial charge is 0.237 e. The molecule has 4 rings (SSSR count). The fraction of sp³-hybridized carbons (Fsp3) is 0.0556. The summed E-state index contributed by atoms with van der Waals surface area (Å²) < 4.78 is 43.3. The molecule has 0 aliphatic carbocycles. The van der Waals surface area contributed by atoms with Crippen LogP contribution < -0.4 is 4.72 Å². The van der Waals surface area contributed by atoms with Gasteiger partial charge in [0.15, 0.2) is 4.96 Å². The van der Waals surface area contributed by atoms with Crippen LogP contribution in [0.2, 0.25) is 0 Å². The van der Waals surface area contributed by atoms with Gasteiger partial charge >= 0.3 is 0 Å². The van der Waals surface area contributed by atoms with Gasteiger partial charge in [-0.3, -0.25) is 9.12 Å². The zero-order valence-corrected chi connectivity index (χ0v) is 15.1. The van der Waals surface area contributed by atoms with Gasteiger partial charge in [-0.1, -0.05) is 36.4 Å². The number of imidazole rings is 1. The van der Waals surface area contributed by atoms with Crippen LogP contribution in [0.1, 0.15) is 5.56 Å². The van der Waals surface area contributed by atoms with Gasteiger partial charge in [0, 0.05) is 28.9 Å². The zero-order chi connectivity index (χ0) is 18.1. The first-order valence-electron chi connectivity index (χ1n) is 7.77. The molecule has 0 saturated carbocycles. The maximum Gasteiger partial charge on any atom is 0.237 e. The summed E-state index contributed by atoms with van der Waals surface area (Å²) >= 11 is 1.50. The number of nitrogens with one attached hydrogen (secondary N) is 1. The molecular weight excluding hydrogens is 373 g/mol. The highest BCUT2D eigenvalue weighted by Gasteiger charge is 2.17. The van der Waals surface area contributed by atoms with Gasteiger partial charge in [-0.15, -0.1) is 11.3 Å². The summed E-state index contributed by atoms with van der Waals surface area (Å²) in [6.07, 6.45) is 3.73. The van der Waals surface area contributed by atoms with Crippen molar-refractivity contribution in [1.82, 2.24) is 9.38 Å². The summed E-state index contributed by atoms with van der Waals surface area (Å²) in [6.45, 7) is 0. The van der Waals surface area contributed by atoms with Crippen LogP contribution in [-0.4, -0.2) is 17.8 Å². The molecule has 2 aromatic carbocycles. The Morgan fingerprint density at radius 1 is 1.12 bits per heavy atom. The molecule has 0 bridgehead atoms. The second kappa shape index (κ2) is 6.54. The summed E-state index contributed by atoms with van der Waals surface area (Å²) in [5.41, 5.74) is 1.87. The Bertz CT molecular complexity index is 1150. The first kappa shape index (κ1) is 16.7. The van der Waals surface area contributed by atoms with Gasteiger partial charge in [0.25, 0.3) is 0 Å². The minimum absolute atomic E-state index is 0.125. The molecule has 1 N–H and O–H groups in total. The maximum atomic E-state index is 13.8. The molecule has 26 heavy (non-hydrogen) atoms. The molecule has 0 saturated heterocycles. The Morgan fingerprint density at radius 2 is 1.88 bits per heavy atom. The number of anilines is 1. The Kier molecular flexibility index (Phi) is 4.21. The maximum absolute atomic E-state index is 13.8. The van der Waals surface area contributed by atoms with E-state index in [-0.39, 0.29) is 5.56 Å². The SMILES string of the molecule is O=S(=O)(Cc1ccccc1F)Nc1ccccc1-c1cn2ccsc2n1. The lowest BCUT2D eigenvalue weighted by Gasteiger charge is -2.12. The average Bonchev–Trinajstić information content (AvgIpc) is 3.19. The predicted molar refractivity (Wildman–Crippen MR) is 101 cm³/mol. The molecular formula is C18H14FN3O2S2. The number of hydrogen-bond donors (Lipinski definition) is 1. The quantitative estimate of drug-likeness (QED) is 0.560. The monoisotopic (exact) mass is 387 g/mol. The van der Waals surface area contributed by atoms with Crippen molar-refractivity contribution in [1.29, 1.82) is 0 Å². The van der Waals surface area contributed by atoms with E-state index in [1.807, 2.05) is 28.2 Å². The summed E-state index contributed by atoms with van der Waals surface area (Å²) in [6, 6.07) is 12.9. The zero-order valence-electron chi connectivity index (χ0n) is 13.5. The van der Waals surface area contributed by atoms with Crippen LogP contribution in [0.15, 0.2) is 66.3 Å². The fourth-order valence-corrected chi connectivity index (χ4v) is 4.61. The van der Waals surface area contributed by atoms with Gasteiger partial charge in [-0.25, -0.2) is 17.8 Å². The number of thiazole rings is 1. The molecule has 0 amide bonds. The molecule has 0 radical (unpaired) electrons. The summed E-state index contributed by atoms with van der Waals surface area (Å²) in [5.74, 6) is -0.979. The summed E-state index contributed by atoms with van der Waals surface area (Å²) in [7, 11) is -3.78. The molecule has 0 aliphatic rings. The van der Waals surface area contributed by atoms with Crippen LogP contribution in [0.5, 0.6) is 0 Å². The molecule has 132 valence electrons. The Labute approximate surface area is 153 Å². The lowest BCUT2D eigenvalue weighted by Crippen LogP contribution is -2.16. The number of nitrogens with zero attached hydrogens (tertiary/aromatic N) is 2. The van der Waals surface area contributed by atoms with E-state index in [1.54, 1.807) is 24.3 Å². The van der Waals surface area contributed by atoms with Crippen molar-refractivity contribution in [2.24, 2.45) is 0 Å². The molecule has 0 spiro atoms. The molecule has 2 heterocycles. The van der Waals surface area contributed by atoms with Crippen LogP contribution in [-0.2, 0) is 15.8 Å². The second-order valence-electron chi connectivity index (χ2n) is 5.72. The third kappa shape index (κ3) is 3.33. The largest absolute Gasteiger partial charge is 0.297 e. The third-order valence-corrected chi connectivity index (χ3v) is 5.86. The summed E-state index contributed by atoms with van der Waals surface area (Å²) in [5, 5.41) is 1.93. The van der Waals surface area contributed by atoms with E-state index in [4.69, 9.17) is 0 Å². The molecule has 4 aromatic rings. The standard InChI is InChI=1S/C18H14FN3O2S2/c19-15-7-3-1-5-13(15)12-26(23,24)21-16-8-4-2-6-14(16)17-11-22-9-10-25-18(22)20-17/h1-11,21H,12H2. The highest BCUT2D eigenvalue weighted by molar-refractivity contribution is 7.91. The Morgan fingerprint density at radius 3 is 2.69 bits per heavy atom. The van der Waals surface area contributed by atoms with Crippen LogP contribution in [0, 0.1) is 5.82 Å². The van der Waals surface area contributed by atoms with Crippen molar-refractivity contribution in [3.63, 3.8) is 0 Å². The number of para-hydroxylation sites is 1. The van der Waals surface area contributed by atoms with Crippen molar-refractivity contribution < 1.29 is 12.8 Å². The van der Waals surface area contributed by atoms with E-state index in [0.29, 0.717) is 16.9 Å². The predicted octanol–water partition coefficient (Wildman–Crippen LogP) is 4.14. The molecule has 5 nitrogen and oxygen atoms in total. The number of halogens is 1. The van der Waals surface area contributed by atoms with Gasteiger partial charge in [-0.05, 0) is 12.1 Å². The molecule has 2 aromatic heterocycles. The lowest BCUT2D eigenvalue weighted by molar-refractivity contribution is 0.591. The van der Waals surface area contributed by atoms with E-state index < -0.39 is 21.6 Å². The van der Waals surface area contributed by atoms with Crippen molar-refractivity contribution in [3.05, 3.63) is 77.7 Å². The second-order valence-corrected chi connectivity index (χ2v) is 8.31. The molecule has 0 fully saturated rings. The normalized spacial score (nSPS) is 11.7. The minimum atomic E-state index is -3.78. The topological polar surface area (TPSA) is 63.5 Å². The van der Waals surface area contributed by atoms with Crippen LogP contribution in [0.3, 0.4) is 0 Å². The summed E-state index contributed by atoms with van der Waals surface area (Å²) in [4.78, 5) is 5.34. The number of sulfonamides is 1. The number of hydrogen-bond acceptors (Lipinski definition) is 4. The van der Waals surface area contributed by atoms with E-state index in [1.165, 1.54) is 29.5 Å². The number of rotatable bonds is 5. The van der Waals surface area contributed by atoms with Crippen LogP contribution in [0.25, 0.3) is 16.2 Å². The van der Waals surface area contributed by atoms with E-state index in [0.717, 1.165) is 4.96 Å². The van der Waals surface area contributed by atoms with Gasteiger partial charge in [0.2, 0.25) is 10.0 Å². The first-order valence-corrected chi connectivity index (χ1v) is 10.3. The van der Waals surface area contributed by atoms with Crippen molar-refractivity contribution >= 4 is 32.0 Å². The Balaban J connectivity index is 1.66. The van der Waals surface area contributed by atoms with Crippen molar-refractivity contribution in [2.75, 3.05) is 4.72 Å². The van der Waals surface area contributed by atoms with E-state index >= 15 is 0 Å². The third-order valence-electron chi connectivity index (χ3n) is 3.87. The lowest BCUT2D eigenvalue weighted by atomic mass is 10.1. The van der Waals surface area contributed by atoms with Gasteiger partial charge in [0.1, 0.15) is 5.82 Å². The van der Waals surface area contributed by atoms with E-state index in [2.05, 4.69) is 9.71 Å². The van der Waals surface area contributed by atoms with Crippen LogP contribution in [0.4, 0.5) is 10.1 Å². The van der Waals surface area contributed by atoms with Crippen LogP contribution >= 0.6 is 11.3 Å². The molecule has 8 heteroatoms. The molecule has 0 unspecified atom stereocenters. The highest BCUT2D eigenvalue weighted by atomic mass is 32.2. The Hall–Kier alpha value is -2.71. The van der Waals surface area contributed by atoms with Crippen molar-refractivity contribution in [2.45, 2.75) is 5.75 Å². The van der Waals surface area contributed by atoms with Gasteiger partial charge in [0.05, 0.1) is 17.1 Å². The minimum Gasteiger partial charge on any atom is -0.297 e. The van der Waals surface area contributed by atoms with Gasteiger partial charge < -0.3 is 0 Å². The molecule has 0 aliphatic heterocycles. The highest BCUT2D eigenvalue weighted by Crippen LogP contribution is 2.29. The fourth-order valence-electron chi connectivity index (χ4n) is 2.68. The average molecular weight is 387 g/mol. The molecule has 0 atom stereocenters. The number of aromatic nitrogens is 2. The number of fused-ring (bicyclic) bond motifs is 1. The van der Waals surface area contributed by atoms with Crippen molar-refractivity contribution in [3.8, 4) is 11.3 Å². The van der Waals surface area contributed by atoms with E-state index in [9.17, 15) is 12.8 Å². The number of benzene rings is 2. The first-order chi connectivity index (χ1) is 12.5. The van der Waals surface area contributed by atoms with Gasteiger partial charge in [-0.2, -0.15) is 0 Å².